The lowest BCUT2D eigenvalue weighted by atomic mass is 9.91. The fraction of sp³-hybridized carbons (Fsp3) is 0.200. The summed E-state index contributed by atoms with van der Waals surface area (Å²) in [6, 6.07) is 14.7. The van der Waals surface area contributed by atoms with E-state index in [-0.39, 0.29) is 12.2 Å². The number of H-pyrrole nitrogens is 1. The van der Waals surface area contributed by atoms with Crippen molar-refractivity contribution < 1.29 is 14.7 Å². The van der Waals surface area contributed by atoms with Gasteiger partial charge >= 0.3 is 5.97 Å². The second-order valence-electron chi connectivity index (χ2n) is 5.82. The minimum absolute atomic E-state index is 0.0529. The Bertz CT molecular complexity index is 880. The number of carboxylic acids is 1. The molecular formula is C20H19NO3. The number of carbonyl (C=O) groups excluding carboxylic acids is 1. The highest BCUT2D eigenvalue weighted by molar-refractivity contribution is 6.00. The van der Waals surface area contributed by atoms with E-state index in [1.54, 1.807) is 30.5 Å². The number of aromatic amines is 1. The molecule has 2 aromatic carbocycles. The van der Waals surface area contributed by atoms with E-state index >= 15 is 0 Å². The van der Waals surface area contributed by atoms with Crippen LogP contribution < -0.4 is 0 Å². The standard InChI is InChI=1S/C20H19NO3/c1-2-13-9-6-10-15-17(12-21-19(13)15)16(20(23)24)11-18(22)14-7-4-3-5-8-14/h3-10,12,16,21H,2,11H2,1H3,(H,23,24)/t16-/m1/s1. The molecule has 0 amide bonds. The van der Waals surface area contributed by atoms with E-state index in [0.717, 1.165) is 22.9 Å². The largest absolute Gasteiger partial charge is 0.481 e. The summed E-state index contributed by atoms with van der Waals surface area (Å²) in [5.74, 6) is -2.01. The highest BCUT2D eigenvalue weighted by Crippen LogP contribution is 2.31. The van der Waals surface area contributed by atoms with Gasteiger partial charge in [-0.05, 0) is 17.5 Å². The summed E-state index contributed by atoms with van der Waals surface area (Å²) in [6.45, 7) is 2.06. The van der Waals surface area contributed by atoms with Gasteiger partial charge in [0.2, 0.25) is 0 Å². The lowest BCUT2D eigenvalue weighted by Gasteiger charge is -2.11. The van der Waals surface area contributed by atoms with Gasteiger partial charge in [0.15, 0.2) is 5.78 Å². The molecule has 0 radical (unpaired) electrons. The minimum atomic E-state index is -0.984. The van der Waals surface area contributed by atoms with E-state index < -0.39 is 11.9 Å². The average molecular weight is 321 g/mol. The fourth-order valence-corrected chi connectivity index (χ4v) is 3.08. The predicted molar refractivity (Wildman–Crippen MR) is 93.4 cm³/mol. The van der Waals surface area contributed by atoms with Crippen LogP contribution in [0.1, 0.15) is 40.7 Å². The third-order valence-electron chi connectivity index (χ3n) is 4.37. The number of ketones is 1. The Morgan fingerprint density at radius 2 is 1.83 bits per heavy atom. The van der Waals surface area contributed by atoms with Crippen LogP contribution in [0, 0.1) is 0 Å². The molecule has 0 unspecified atom stereocenters. The molecule has 1 heterocycles. The highest BCUT2D eigenvalue weighted by atomic mass is 16.4. The van der Waals surface area contributed by atoms with Crippen LogP contribution in [0.3, 0.4) is 0 Å². The summed E-state index contributed by atoms with van der Waals surface area (Å²) in [6.07, 6.45) is 2.53. The molecular weight excluding hydrogens is 302 g/mol. The molecule has 3 rings (SSSR count). The van der Waals surface area contributed by atoms with E-state index in [9.17, 15) is 14.7 Å². The Labute approximate surface area is 140 Å². The molecule has 3 aromatic rings. The van der Waals surface area contributed by atoms with Crippen molar-refractivity contribution in [1.29, 1.82) is 0 Å². The number of carboxylic acid groups (broad SMARTS) is 1. The first-order valence-corrected chi connectivity index (χ1v) is 8.01. The topological polar surface area (TPSA) is 70.2 Å². The number of nitrogens with one attached hydrogen (secondary N) is 1. The second-order valence-corrected chi connectivity index (χ2v) is 5.82. The minimum Gasteiger partial charge on any atom is -0.481 e. The molecule has 0 aliphatic rings. The quantitative estimate of drug-likeness (QED) is 0.669. The van der Waals surface area contributed by atoms with Crippen molar-refractivity contribution in [3.63, 3.8) is 0 Å². The zero-order chi connectivity index (χ0) is 17.1. The van der Waals surface area contributed by atoms with Gasteiger partial charge in [-0.15, -0.1) is 0 Å². The number of benzene rings is 2. The molecule has 4 heteroatoms. The number of aromatic nitrogens is 1. The van der Waals surface area contributed by atoms with Crippen LogP contribution in [-0.4, -0.2) is 21.8 Å². The van der Waals surface area contributed by atoms with Crippen molar-refractivity contribution in [3.8, 4) is 0 Å². The molecule has 2 N–H and O–H groups in total. The third kappa shape index (κ3) is 2.95. The van der Waals surface area contributed by atoms with Crippen molar-refractivity contribution >= 4 is 22.7 Å². The first kappa shape index (κ1) is 16.0. The Balaban J connectivity index is 1.98. The highest BCUT2D eigenvalue weighted by Gasteiger charge is 2.26. The molecule has 4 nitrogen and oxygen atoms in total. The lowest BCUT2D eigenvalue weighted by Crippen LogP contribution is -2.16. The zero-order valence-electron chi connectivity index (χ0n) is 13.5. The number of aryl methyl sites for hydroxylation is 1. The number of Topliss-reactive ketones (excluding diaryl/α,β-unsaturated/α-hetero) is 1. The van der Waals surface area contributed by atoms with Gasteiger partial charge in [-0.2, -0.15) is 0 Å². The van der Waals surface area contributed by atoms with Crippen LogP contribution in [-0.2, 0) is 11.2 Å². The van der Waals surface area contributed by atoms with Gasteiger partial charge in [0, 0.05) is 29.1 Å². The summed E-state index contributed by atoms with van der Waals surface area (Å²) >= 11 is 0. The molecule has 122 valence electrons. The van der Waals surface area contributed by atoms with Crippen LogP contribution in [0.15, 0.2) is 54.7 Å². The van der Waals surface area contributed by atoms with Crippen molar-refractivity contribution in [2.24, 2.45) is 0 Å². The Kier molecular flexibility index (Phi) is 4.47. The van der Waals surface area contributed by atoms with E-state index in [1.165, 1.54) is 0 Å². The maximum absolute atomic E-state index is 12.4. The van der Waals surface area contributed by atoms with Crippen LogP contribution in [0.4, 0.5) is 0 Å². The van der Waals surface area contributed by atoms with Gasteiger partial charge in [0.1, 0.15) is 0 Å². The van der Waals surface area contributed by atoms with Gasteiger partial charge in [-0.1, -0.05) is 55.5 Å². The number of hydrogen-bond donors (Lipinski definition) is 2. The number of hydrogen-bond acceptors (Lipinski definition) is 2. The Morgan fingerprint density at radius 1 is 1.08 bits per heavy atom. The number of carbonyl (C=O) groups is 2. The Morgan fingerprint density at radius 3 is 2.50 bits per heavy atom. The summed E-state index contributed by atoms with van der Waals surface area (Å²) in [7, 11) is 0. The van der Waals surface area contributed by atoms with Crippen LogP contribution in [0.2, 0.25) is 0 Å². The van der Waals surface area contributed by atoms with Crippen molar-refractivity contribution in [3.05, 3.63) is 71.4 Å². The molecule has 0 saturated carbocycles. The smallest absolute Gasteiger partial charge is 0.311 e. The molecule has 1 aromatic heterocycles. The SMILES string of the molecule is CCc1cccc2c([C@@H](CC(=O)c3ccccc3)C(=O)O)c[nH]c12. The van der Waals surface area contributed by atoms with Gasteiger partial charge < -0.3 is 10.1 Å². The van der Waals surface area contributed by atoms with Crippen molar-refractivity contribution in [2.45, 2.75) is 25.7 Å². The molecule has 0 fully saturated rings. The number of rotatable bonds is 6. The van der Waals surface area contributed by atoms with Crippen molar-refractivity contribution in [1.82, 2.24) is 4.98 Å². The van der Waals surface area contributed by atoms with Crippen LogP contribution in [0.25, 0.3) is 10.9 Å². The van der Waals surface area contributed by atoms with Crippen LogP contribution >= 0.6 is 0 Å². The first-order chi connectivity index (χ1) is 11.6. The number of aliphatic carboxylic acids is 1. The van der Waals surface area contributed by atoms with E-state index in [2.05, 4.69) is 11.9 Å². The molecule has 0 saturated heterocycles. The lowest BCUT2D eigenvalue weighted by molar-refractivity contribution is -0.138. The monoisotopic (exact) mass is 321 g/mol. The van der Waals surface area contributed by atoms with Crippen LogP contribution in [0.5, 0.6) is 0 Å². The Hall–Kier alpha value is -2.88. The maximum Gasteiger partial charge on any atom is 0.311 e. The number of fused-ring (bicyclic) bond motifs is 1. The predicted octanol–water partition coefficient (Wildman–Crippen LogP) is 4.17. The first-order valence-electron chi connectivity index (χ1n) is 8.01. The molecule has 0 bridgehead atoms. The third-order valence-corrected chi connectivity index (χ3v) is 4.37. The summed E-state index contributed by atoms with van der Waals surface area (Å²) in [4.78, 5) is 27.4. The van der Waals surface area contributed by atoms with E-state index in [4.69, 9.17) is 0 Å². The average Bonchev–Trinajstić information content (AvgIpc) is 3.03. The molecule has 0 aliphatic heterocycles. The maximum atomic E-state index is 12.4. The fourth-order valence-electron chi connectivity index (χ4n) is 3.08. The summed E-state index contributed by atoms with van der Waals surface area (Å²) < 4.78 is 0. The number of para-hydroxylation sites is 1. The molecule has 1 atom stereocenters. The molecule has 0 aliphatic carbocycles. The summed E-state index contributed by atoms with van der Waals surface area (Å²) in [5, 5.41) is 10.5. The van der Waals surface area contributed by atoms with Gasteiger partial charge in [0.05, 0.1) is 5.92 Å². The summed E-state index contributed by atoms with van der Waals surface area (Å²) in [5.41, 5.74) is 3.29. The van der Waals surface area contributed by atoms with E-state index in [1.807, 2.05) is 24.3 Å². The van der Waals surface area contributed by atoms with E-state index in [0.29, 0.717) is 11.1 Å². The van der Waals surface area contributed by atoms with Gasteiger partial charge in [0.25, 0.3) is 0 Å². The molecule has 24 heavy (non-hydrogen) atoms. The zero-order valence-corrected chi connectivity index (χ0v) is 13.5. The van der Waals surface area contributed by atoms with Gasteiger partial charge in [-0.25, -0.2) is 0 Å². The van der Waals surface area contributed by atoms with Crippen molar-refractivity contribution in [2.75, 3.05) is 0 Å². The molecule has 0 spiro atoms. The van der Waals surface area contributed by atoms with Gasteiger partial charge in [-0.3, -0.25) is 9.59 Å². The normalized spacial score (nSPS) is 12.2. The second kappa shape index (κ2) is 6.71.